The van der Waals surface area contributed by atoms with Gasteiger partial charge in [0.2, 0.25) is 5.91 Å². The van der Waals surface area contributed by atoms with Gasteiger partial charge < -0.3 is 4.90 Å². The summed E-state index contributed by atoms with van der Waals surface area (Å²) < 4.78 is 0. The average Bonchev–Trinajstić information content (AvgIpc) is 3.11. The zero-order valence-electron chi connectivity index (χ0n) is 15.2. The molecule has 2 aromatic heterocycles. The Morgan fingerprint density at radius 2 is 1.81 bits per heavy atom. The van der Waals surface area contributed by atoms with E-state index in [-0.39, 0.29) is 18.2 Å². The first-order valence-electron chi connectivity index (χ1n) is 8.54. The van der Waals surface area contributed by atoms with Crippen LogP contribution in [-0.4, -0.2) is 42.8 Å². The highest BCUT2D eigenvalue weighted by Gasteiger charge is 2.14. The van der Waals surface area contributed by atoms with Crippen LogP contribution in [0.5, 0.6) is 0 Å². The number of likely N-dealkylation sites (N-methyl/N-ethyl adjacent to an activating group) is 1. The summed E-state index contributed by atoms with van der Waals surface area (Å²) >= 11 is 0. The van der Waals surface area contributed by atoms with E-state index in [1.807, 2.05) is 44.2 Å². The highest BCUT2D eigenvalue weighted by atomic mass is 16.2. The Labute approximate surface area is 152 Å². The summed E-state index contributed by atoms with van der Waals surface area (Å²) in [6, 6.07) is 9.61. The standard InChI is InChI=1S/C19H22N6O/c1-14(2)19-20-10-15(11-21-19)13-24(3)18(26)9-16-12-22-25(23-16)17-7-5-4-6-8-17/h4-8,10-12,14H,9,13H2,1-3H3. The second-order valence-electron chi connectivity index (χ2n) is 6.49. The van der Waals surface area contributed by atoms with Gasteiger partial charge in [0.05, 0.1) is 24.0 Å². The molecule has 134 valence electrons. The number of carbonyl (C=O) groups excluding carboxylic acids is 1. The van der Waals surface area contributed by atoms with Gasteiger partial charge in [-0.2, -0.15) is 15.0 Å². The van der Waals surface area contributed by atoms with Crippen molar-refractivity contribution in [2.45, 2.75) is 32.7 Å². The molecule has 0 aliphatic heterocycles. The van der Waals surface area contributed by atoms with Gasteiger partial charge in [0.1, 0.15) is 5.82 Å². The lowest BCUT2D eigenvalue weighted by Gasteiger charge is -2.16. The summed E-state index contributed by atoms with van der Waals surface area (Å²) in [5, 5.41) is 8.60. The van der Waals surface area contributed by atoms with Gasteiger partial charge >= 0.3 is 0 Å². The van der Waals surface area contributed by atoms with Crippen molar-refractivity contribution in [1.29, 1.82) is 0 Å². The summed E-state index contributed by atoms with van der Waals surface area (Å²) in [6.45, 7) is 4.56. The molecule has 0 fully saturated rings. The molecule has 0 bridgehead atoms. The second-order valence-corrected chi connectivity index (χ2v) is 6.49. The fourth-order valence-electron chi connectivity index (χ4n) is 2.46. The van der Waals surface area contributed by atoms with Gasteiger partial charge in [-0.3, -0.25) is 4.79 Å². The molecule has 3 aromatic rings. The minimum absolute atomic E-state index is 0.0296. The molecule has 0 saturated carbocycles. The summed E-state index contributed by atoms with van der Waals surface area (Å²) in [6.07, 6.45) is 5.38. The molecule has 3 rings (SSSR count). The van der Waals surface area contributed by atoms with Crippen LogP contribution in [0, 0.1) is 0 Å². The van der Waals surface area contributed by atoms with Gasteiger partial charge in [-0.05, 0) is 12.1 Å². The molecule has 0 atom stereocenters. The predicted octanol–water partition coefficient (Wildman–Crippen LogP) is 2.38. The van der Waals surface area contributed by atoms with E-state index >= 15 is 0 Å². The van der Waals surface area contributed by atoms with Gasteiger partial charge in [0.15, 0.2) is 0 Å². The Hall–Kier alpha value is -3.09. The first-order chi connectivity index (χ1) is 12.5. The van der Waals surface area contributed by atoms with Gasteiger partial charge in [0.25, 0.3) is 0 Å². The van der Waals surface area contributed by atoms with E-state index in [0.717, 1.165) is 17.1 Å². The lowest BCUT2D eigenvalue weighted by Crippen LogP contribution is -2.28. The quantitative estimate of drug-likeness (QED) is 0.682. The maximum absolute atomic E-state index is 12.4. The van der Waals surface area contributed by atoms with Crippen LogP contribution in [0.3, 0.4) is 0 Å². The zero-order valence-corrected chi connectivity index (χ0v) is 15.2. The molecular formula is C19H22N6O. The van der Waals surface area contributed by atoms with Crippen LogP contribution < -0.4 is 0 Å². The molecule has 0 N–H and O–H groups in total. The minimum atomic E-state index is -0.0296. The SMILES string of the molecule is CC(C)c1ncc(CN(C)C(=O)Cc2cnn(-c3ccccc3)n2)cn1. The van der Waals surface area contributed by atoms with E-state index in [0.29, 0.717) is 12.2 Å². The molecule has 0 saturated heterocycles. The van der Waals surface area contributed by atoms with Crippen molar-refractivity contribution in [2.24, 2.45) is 0 Å². The molecule has 0 spiro atoms. The Morgan fingerprint density at radius 1 is 1.12 bits per heavy atom. The number of aromatic nitrogens is 5. The number of para-hydroxylation sites is 1. The van der Waals surface area contributed by atoms with Gasteiger partial charge in [-0.15, -0.1) is 0 Å². The Balaban J connectivity index is 1.60. The fraction of sp³-hybridized carbons (Fsp3) is 0.316. The number of carbonyl (C=O) groups is 1. The molecule has 2 heterocycles. The first-order valence-corrected chi connectivity index (χ1v) is 8.54. The predicted molar refractivity (Wildman–Crippen MR) is 97.7 cm³/mol. The lowest BCUT2D eigenvalue weighted by atomic mass is 10.2. The van der Waals surface area contributed by atoms with Crippen LogP contribution in [0.15, 0.2) is 48.9 Å². The zero-order chi connectivity index (χ0) is 18.5. The monoisotopic (exact) mass is 350 g/mol. The first kappa shape index (κ1) is 17.7. The van der Waals surface area contributed by atoms with Crippen molar-refractivity contribution < 1.29 is 4.79 Å². The molecule has 7 heteroatoms. The third-order valence-corrected chi connectivity index (χ3v) is 3.95. The molecule has 0 aliphatic carbocycles. The fourth-order valence-corrected chi connectivity index (χ4v) is 2.46. The van der Waals surface area contributed by atoms with Crippen LogP contribution in [0.25, 0.3) is 5.69 Å². The highest BCUT2D eigenvalue weighted by molar-refractivity contribution is 5.77. The summed E-state index contributed by atoms with van der Waals surface area (Å²) in [4.78, 5) is 24.3. The topological polar surface area (TPSA) is 76.8 Å². The van der Waals surface area contributed by atoms with E-state index in [1.54, 1.807) is 30.5 Å². The van der Waals surface area contributed by atoms with Crippen molar-refractivity contribution in [1.82, 2.24) is 29.9 Å². The largest absolute Gasteiger partial charge is 0.341 e. The number of benzene rings is 1. The second kappa shape index (κ2) is 7.86. The van der Waals surface area contributed by atoms with Crippen LogP contribution in [0.2, 0.25) is 0 Å². The van der Waals surface area contributed by atoms with E-state index in [2.05, 4.69) is 20.2 Å². The van der Waals surface area contributed by atoms with Crippen molar-refractivity contribution in [3.63, 3.8) is 0 Å². The molecule has 0 radical (unpaired) electrons. The van der Waals surface area contributed by atoms with Crippen molar-refractivity contribution in [2.75, 3.05) is 7.05 Å². The maximum Gasteiger partial charge on any atom is 0.228 e. The Kier molecular flexibility index (Phi) is 5.36. The van der Waals surface area contributed by atoms with Gasteiger partial charge in [-0.25, -0.2) is 9.97 Å². The van der Waals surface area contributed by atoms with Crippen LogP contribution in [-0.2, 0) is 17.8 Å². The molecule has 7 nitrogen and oxygen atoms in total. The third kappa shape index (κ3) is 4.30. The average molecular weight is 350 g/mol. The summed E-state index contributed by atoms with van der Waals surface area (Å²) in [5.74, 6) is 1.06. The van der Waals surface area contributed by atoms with E-state index < -0.39 is 0 Å². The van der Waals surface area contributed by atoms with Crippen molar-refractivity contribution in [3.8, 4) is 5.69 Å². The molecule has 1 aromatic carbocycles. The van der Waals surface area contributed by atoms with Crippen LogP contribution in [0.1, 0.15) is 36.8 Å². The van der Waals surface area contributed by atoms with Crippen molar-refractivity contribution in [3.05, 3.63) is 66.0 Å². The Bertz CT molecular complexity index is 857. The Morgan fingerprint density at radius 3 is 2.46 bits per heavy atom. The summed E-state index contributed by atoms with van der Waals surface area (Å²) in [7, 11) is 1.76. The van der Waals surface area contributed by atoms with Crippen molar-refractivity contribution >= 4 is 5.91 Å². The molecular weight excluding hydrogens is 328 g/mol. The van der Waals surface area contributed by atoms with Crippen LogP contribution >= 0.6 is 0 Å². The number of amides is 1. The smallest absolute Gasteiger partial charge is 0.228 e. The molecule has 0 aliphatic rings. The third-order valence-electron chi connectivity index (χ3n) is 3.95. The van der Waals surface area contributed by atoms with Gasteiger partial charge in [0, 0.05) is 37.5 Å². The van der Waals surface area contributed by atoms with Gasteiger partial charge in [-0.1, -0.05) is 32.0 Å². The number of rotatable bonds is 6. The van der Waals surface area contributed by atoms with E-state index in [1.165, 1.54) is 4.80 Å². The van der Waals surface area contributed by atoms with Crippen LogP contribution in [0.4, 0.5) is 0 Å². The lowest BCUT2D eigenvalue weighted by molar-refractivity contribution is -0.129. The highest BCUT2D eigenvalue weighted by Crippen LogP contribution is 2.10. The summed E-state index contributed by atoms with van der Waals surface area (Å²) in [5.41, 5.74) is 2.40. The molecule has 26 heavy (non-hydrogen) atoms. The number of hydrogen-bond acceptors (Lipinski definition) is 5. The molecule has 0 unspecified atom stereocenters. The minimum Gasteiger partial charge on any atom is -0.341 e. The number of nitrogens with zero attached hydrogens (tertiary/aromatic N) is 6. The molecule has 1 amide bonds. The normalized spacial score (nSPS) is 10.9. The maximum atomic E-state index is 12.4. The number of hydrogen-bond donors (Lipinski definition) is 0. The van der Waals surface area contributed by atoms with E-state index in [9.17, 15) is 4.79 Å². The van der Waals surface area contributed by atoms with E-state index in [4.69, 9.17) is 0 Å².